The van der Waals surface area contributed by atoms with Crippen LogP contribution in [0.3, 0.4) is 0 Å². The molecule has 0 N–H and O–H groups in total. The number of esters is 1. The number of hydrogen-bond acceptors (Lipinski definition) is 4. The van der Waals surface area contributed by atoms with Gasteiger partial charge in [-0.15, -0.1) is 13.2 Å². The van der Waals surface area contributed by atoms with E-state index in [0.29, 0.717) is 6.20 Å². The van der Waals surface area contributed by atoms with E-state index in [1.165, 1.54) is 0 Å². The molecule has 1 aromatic rings. The van der Waals surface area contributed by atoms with E-state index in [1.807, 2.05) is 0 Å². The van der Waals surface area contributed by atoms with Gasteiger partial charge in [0.2, 0.25) is 0 Å². The standard InChI is InChI=1S/C10H8F5NO3/c1-18-7(17)2-6-9(19-10(13,14)15)8(12)5(3-11)4-16-6/h4H,2-3H2,1H3. The second-order valence-electron chi connectivity index (χ2n) is 3.31. The topological polar surface area (TPSA) is 48.4 Å². The highest BCUT2D eigenvalue weighted by molar-refractivity contribution is 5.72. The normalized spacial score (nSPS) is 11.3. The average Bonchev–Trinajstić information content (AvgIpc) is 2.32. The van der Waals surface area contributed by atoms with E-state index >= 15 is 0 Å². The lowest BCUT2D eigenvalue weighted by atomic mass is 10.2. The number of carbonyl (C=O) groups excluding carboxylic acids is 1. The Morgan fingerprint density at radius 3 is 2.53 bits per heavy atom. The van der Waals surface area contributed by atoms with Gasteiger partial charge in [0.25, 0.3) is 0 Å². The first-order valence-electron chi connectivity index (χ1n) is 4.83. The zero-order chi connectivity index (χ0) is 14.6. The van der Waals surface area contributed by atoms with E-state index < -0.39 is 48.3 Å². The van der Waals surface area contributed by atoms with Gasteiger partial charge in [-0.2, -0.15) is 0 Å². The number of methoxy groups -OCH3 is 1. The van der Waals surface area contributed by atoms with Crippen molar-refractivity contribution in [1.29, 1.82) is 0 Å². The quantitative estimate of drug-likeness (QED) is 0.629. The van der Waals surface area contributed by atoms with Gasteiger partial charge in [-0.25, -0.2) is 8.78 Å². The van der Waals surface area contributed by atoms with Crippen molar-refractivity contribution in [1.82, 2.24) is 4.98 Å². The van der Waals surface area contributed by atoms with Gasteiger partial charge in [0.15, 0.2) is 11.6 Å². The highest BCUT2D eigenvalue weighted by Crippen LogP contribution is 2.30. The van der Waals surface area contributed by atoms with E-state index in [1.54, 1.807) is 0 Å². The van der Waals surface area contributed by atoms with Gasteiger partial charge in [-0.3, -0.25) is 9.78 Å². The zero-order valence-corrected chi connectivity index (χ0v) is 9.55. The number of halogens is 5. The van der Waals surface area contributed by atoms with E-state index in [-0.39, 0.29) is 0 Å². The van der Waals surface area contributed by atoms with Gasteiger partial charge in [0.05, 0.1) is 19.2 Å². The van der Waals surface area contributed by atoms with Crippen LogP contribution in [-0.4, -0.2) is 24.4 Å². The van der Waals surface area contributed by atoms with Crippen molar-refractivity contribution >= 4 is 5.97 Å². The van der Waals surface area contributed by atoms with Crippen molar-refractivity contribution in [2.24, 2.45) is 0 Å². The van der Waals surface area contributed by atoms with E-state index in [2.05, 4.69) is 14.5 Å². The molecule has 4 nitrogen and oxygen atoms in total. The molecule has 19 heavy (non-hydrogen) atoms. The summed E-state index contributed by atoms with van der Waals surface area (Å²) in [5.74, 6) is -3.81. The average molecular weight is 285 g/mol. The lowest BCUT2D eigenvalue weighted by Crippen LogP contribution is -2.21. The Hall–Kier alpha value is -1.93. The van der Waals surface area contributed by atoms with E-state index in [4.69, 9.17) is 0 Å². The third kappa shape index (κ3) is 4.04. The minimum atomic E-state index is -5.19. The third-order valence-electron chi connectivity index (χ3n) is 2.02. The van der Waals surface area contributed by atoms with Crippen LogP contribution < -0.4 is 4.74 Å². The molecular formula is C10H8F5NO3. The maximum atomic E-state index is 13.6. The first-order chi connectivity index (χ1) is 8.78. The molecule has 0 aliphatic rings. The molecule has 0 bridgehead atoms. The predicted molar refractivity (Wildman–Crippen MR) is 51.4 cm³/mol. The summed E-state index contributed by atoms with van der Waals surface area (Å²) < 4.78 is 70.0. The summed E-state index contributed by atoms with van der Waals surface area (Å²) in [4.78, 5) is 14.3. The fourth-order valence-electron chi connectivity index (χ4n) is 1.19. The first kappa shape index (κ1) is 15.1. The molecule has 0 radical (unpaired) electrons. The van der Waals surface area contributed by atoms with Crippen molar-refractivity contribution in [2.75, 3.05) is 7.11 Å². The minimum Gasteiger partial charge on any atom is -0.469 e. The molecule has 0 aromatic carbocycles. The molecule has 0 aliphatic carbocycles. The van der Waals surface area contributed by atoms with Crippen molar-refractivity contribution in [2.45, 2.75) is 19.5 Å². The molecule has 0 amide bonds. The maximum Gasteiger partial charge on any atom is 0.573 e. The van der Waals surface area contributed by atoms with Crippen molar-refractivity contribution in [3.63, 3.8) is 0 Å². The van der Waals surface area contributed by atoms with E-state index in [0.717, 1.165) is 7.11 Å². The Bertz CT molecular complexity index is 475. The summed E-state index contributed by atoms with van der Waals surface area (Å²) in [5, 5.41) is 0. The maximum absolute atomic E-state index is 13.6. The van der Waals surface area contributed by atoms with Crippen LogP contribution in [0.1, 0.15) is 11.3 Å². The Kier molecular flexibility index (Phi) is 4.62. The summed E-state index contributed by atoms with van der Waals surface area (Å²) in [7, 11) is 0.999. The van der Waals surface area contributed by atoms with Gasteiger partial charge >= 0.3 is 12.3 Å². The largest absolute Gasteiger partial charge is 0.573 e. The molecule has 106 valence electrons. The number of hydrogen-bond donors (Lipinski definition) is 0. The van der Waals surface area contributed by atoms with Gasteiger partial charge in [0, 0.05) is 11.8 Å². The number of pyridine rings is 1. The lowest BCUT2D eigenvalue weighted by Gasteiger charge is -2.14. The number of alkyl halides is 4. The number of ether oxygens (including phenoxy) is 2. The highest BCUT2D eigenvalue weighted by Gasteiger charge is 2.35. The van der Waals surface area contributed by atoms with Crippen LogP contribution in [0.25, 0.3) is 0 Å². The molecule has 9 heteroatoms. The summed E-state index contributed by atoms with van der Waals surface area (Å²) in [6.45, 7) is -1.36. The van der Waals surface area contributed by atoms with Gasteiger partial charge < -0.3 is 9.47 Å². The molecule has 0 unspecified atom stereocenters. The van der Waals surface area contributed by atoms with Crippen molar-refractivity contribution in [3.05, 3.63) is 23.3 Å². The fraction of sp³-hybridized carbons (Fsp3) is 0.400. The van der Waals surface area contributed by atoms with Crippen LogP contribution in [0.5, 0.6) is 5.75 Å². The summed E-state index contributed by atoms with van der Waals surface area (Å²) in [6, 6.07) is 0. The SMILES string of the molecule is COC(=O)Cc1ncc(CF)c(F)c1OC(F)(F)F. The molecule has 0 spiro atoms. The number of rotatable bonds is 4. The summed E-state index contributed by atoms with van der Waals surface area (Å²) >= 11 is 0. The second-order valence-corrected chi connectivity index (χ2v) is 3.31. The van der Waals surface area contributed by atoms with Crippen LogP contribution in [0.4, 0.5) is 22.0 Å². The smallest absolute Gasteiger partial charge is 0.469 e. The van der Waals surface area contributed by atoms with E-state index in [9.17, 15) is 26.7 Å². The molecule has 0 saturated heterocycles. The molecule has 0 fully saturated rings. The monoisotopic (exact) mass is 285 g/mol. The van der Waals surface area contributed by atoms with Crippen LogP contribution in [0, 0.1) is 5.82 Å². The van der Waals surface area contributed by atoms with Crippen molar-refractivity contribution in [3.8, 4) is 5.75 Å². The molecule has 0 atom stereocenters. The summed E-state index contributed by atoms with van der Waals surface area (Å²) in [5.41, 5.74) is -1.33. The minimum absolute atomic E-state index is 0.626. The van der Waals surface area contributed by atoms with Gasteiger partial charge in [-0.05, 0) is 0 Å². The molecule has 1 rings (SSSR count). The Balaban J connectivity index is 3.22. The Morgan fingerprint density at radius 2 is 2.05 bits per heavy atom. The predicted octanol–water partition coefficient (Wildman–Crippen LogP) is 2.30. The van der Waals surface area contributed by atoms with Crippen LogP contribution in [0.15, 0.2) is 6.20 Å². The van der Waals surface area contributed by atoms with Crippen LogP contribution in [-0.2, 0) is 22.6 Å². The van der Waals surface area contributed by atoms with Crippen LogP contribution in [0.2, 0.25) is 0 Å². The number of carbonyl (C=O) groups is 1. The van der Waals surface area contributed by atoms with Gasteiger partial charge in [-0.1, -0.05) is 0 Å². The third-order valence-corrected chi connectivity index (χ3v) is 2.02. The first-order valence-corrected chi connectivity index (χ1v) is 4.83. The second kappa shape index (κ2) is 5.81. The molecule has 1 heterocycles. The molecular weight excluding hydrogens is 277 g/mol. The van der Waals surface area contributed by atoms with Crippen molar-refractivity contribution < 1.29 is 36.2 Å². The molecule has 1 aromatic heterocycles. The molecule has 0 aliphatic heterocycles. The number of nitrogens with zero attached hydrogens (tertiary/aromatic N) is 1. The van der Waals surface area contributed by atoms with Gasteiger partial charge in [0.1, 0.15) is 6.67 Å². The Morgan fingerprint density at radius 1 is 1.42 bits per heavy atom. The molecule has 0 saturated carbocycles. The Labute approximate surface area is 104 Å². The van der Waals surface area contributed by atoms with Crippen LogP contribution >= 0.6 is 0 Å². The number of aromatic nitrogens is 1. The lowest BCUT2D eigenvalue weighted by molar-refractivity contribution is -0.276. The summed E-state index contributed by atoms with van der Waals surface area (Å²) in [6.07, 6.45) is -5.23. The zero-order valence-electron chi connectivity index (χ0n) is 9.55. The fourth-order valence-corrected chi connectivity index (χ4v) is 1.19. The highest BCUT2D eigenvalue weighted by atomic mass is 19.4.